The van der Waals surface area contributed by atoms with E-state index in [0.717, 1.165) is 19.4 Å². The van der Waals surface area contributed by atoms with Crippen LogP contribution in [0, 0.1) is 0 Å². The van der Waals surface area contributed by atoms with Crippen LogP contribution < -0.4 is 10.2 Å². The summed E-state index contributed by atoms with van der Waals surface area (Å²) in [4.78, 5) is 2.08. The summed E-state index contributed by atoms with van der Waals surface area (Å²) in [5.74, 6) is 0. The molecule has 1 N–H and O–H groups in total. The molecule has 1 fully saturated rings. The maximum absolute atomic E-state index is 11.5. The first-order valence-corrected chi connectivity index (χ1v) is 9.16. The van der Waals surface area contributed by atoms with Crippen LogP contribution in [0.25, 0.3) is 0 Å². The van der Waals surface area contributed by atoms with Crippen LogP contribution in [-0.4, -0.2) is 52.2 Å². The van der Waals surface area contributed by atoms with Gasteiger partial charge in [-0.05, 0) is 30.5 Å². The lowest BCUT2D eigenvalue weighted by atomic mass is 10.1. The maximum Gasteiger partial charge on any atom is 0.211 e. The normalized spacial score (nSPS) is 17.9. The SMILES string of the molecule is CN(C)c1ccc(CNC2CCN(S(C)(=O)=O)CC2)cc1. The molecule has 2 rings (SSSR count). The third-order valence-electron chi connectivity index (χ3n) is 3.97. The van der Waals surface area contributed by atoms with Crippen molar-refractivity contribution >= 4 is 15.7 Å². The van der Waals surface area contributed by atoms with Crippen LogP contribution in [0.15, 0.2) is 24.3 Å². The summed E-state index contributed by atoms with van der Waals surface area (Å²) in [6, 6.07) is 8.89. The number of hydrogen-bond acceptors (Lipinski definition) is 4. The largest absolute Gasteiger partial charge is 0.378 e. The van der Waals surface area contributed by atoms with Gasteiger partial charge in [0.25, 0.3) is 0 Å². The van der Waals surface area contributed by atoms with Crippen LogP contribution in [0.3, 0.4) is 0 Å². The second-order valence-corrected chi connectivity index (χ2v) is 7.86. The molecule has 0 bridgehead atoms. The number of hydrogen-bond donors (Lipinski definition) is 1. The van der Waals surface area contributed by atoms with E-state index in [2.05, 4.69) is 34.5 Å². The van der Waals surface area contributed by atoms with Crippen molar-refractivity contribution in [2.45, 2.75) is 25.4 Å². The minimum absolute atomic E-state index is 0.400. The minimum Gasteiger partial charge on any atom is -0.378 e. The highest BCUT2D eigenvalue weighted by atomic mass is 32.2. The first-order valence-electron chi connectivity index (χ1n) is 7.31. The van der Waals surface area contributed by atoms with Crippen molar-refractivity contribution in [1.29, 1.82) is 0 Å². The van der Waals surface area contributed by atoms with Crippen molar-refractivity contribution < 1.29 is 8.42 Å². The zero-order valence-corrected chi connectivity index (χ0v) is 13.9. The van der Waals surface area contributed by atoms with Crippen molar-refractivity contribution in [1.82, 2.24) is 9.62 Å². The van der Waals surface area contributed by atoms with E-state index in [0.29, 0.717) is 19.1 Å². The first kappa shape index (κ1) is 16.3. The molecule has 1 aromatic carbocycles. The molecule has 0 saturated carbocycles. The molecular formula is C15H25N3O2S. The zero-order chi connectivity index (χ0) is 15.5. The summed E-state index contributed by atoms with van der Waals surface area (Å²) < 4.78 is 24.5. The van der Waals surface area contributed by atoms with Crippen LogP contribution in [0.4, 0.5) is 5.69 Å². The quantitative estimate of drug-likeness (QED) is 0.890. The van der Waals surface area contributed by atoms with Crippen LogP contribution in [0.1, 0.15) is 18.4 Å². The van der Waals surface area contributed by atoms with Crippen molar-refractivity contribution in [3.8, 4) is 0 Å². The molecule has 118 valence electrons. The average molecular weight is 311 g/mol. The molecule has 6 heteroatoms. The van der Waals surface area contributed by atoms with Gasteiger partial charge in [0, 0.05) is 45.5 Å². The highest BCUT2D eigenvalue weighted by Gasteiger charge is 2.24. The van der Waals surface area contributed by atoms with Crippen LogP contribution in [0.2, 0.25) is 0 Å². The summed E-state index contributed by atoms with van der Waals surface area (Å²) in [5.41, 5.74) is 2.45. The molecule has 0 unspecified atom stereocenters. The van der Waals surface area contributed by atoms with Crippen LogP contribution in [-0.2, 0) is 16.6 Å². The average Bonchev–Trinajstić information content (AvgIpc) is 2.45. The molecule has 0 aromatic heterocycles. The fourth-order valence-electron chi connectivity index (χ4n) is 2.57. The van der Waals surface area contributed by atoms with Crippen LogP contribution in [0.5, 0.6) is 0 Å². The van der Waals surface area contributed by atoms with E-state index in [4.69, 9.17) is 0 Å². The molecule has 1 aliphatic heterocycles. The molecule has 0 atom stereocenters. The van der Waals surface area contributed by atoms with Crippen molar-refractivity contribution in [3.05, 3.63) is 29.8 Å². The molecule has 0 aliphatic carbocycles. The third kappa shape index (κ3) is 4.69. The summed E-state index contributed by atoms with van der Waals surface area (Å²) >= 11 is 0. The molecular weight excluding hydrogens is 286 g/mol. The van der Waals surface area contributed by atoms with Gasteiger partial charge in [0.05, 0.1) is 6.26 Å². The molecule has 1 aromatic rings. The van der Waals surface area contributed by atoms with E-state index < -0.39 is 10.0 Å². The van der Waals surface area contributed by atoms with E-state index >= 15 is 0 Å². The second kappa shape index (κ2) is 6.77. The number of sulfonamides is 1. The third-order valence-corrected chi connectivity index (χ3v) is 5.27. The molecule has 0 radical (unpaired) electrons. The maximum atomic E-state index is 11.5. The monoisotopic (exact) mass is 311 g/mol. The Morgan fingerprint density at radius 3 is 2.24 bits per heavy atom. The summed E-state index contributed by atoms with van der Waals surface area (Å²) in [6.45, 7) is 2.07. The summed E-state index contributed by atoms with van der Waals surface area (Å²) in [7, 11) is 1.03. The Hall–Kier alpha value is -1.11. The molecule has 1 aliphatic rings. The van der Waals surface area contributed by atoms with Gasteiger partial charge in [0.15, 0.2) is 0 Å². The number of piperidine rings is 1. The van der Waals surface area contributed by atoms with Gasteiger partial charge in [-0.25, -0.2) is 12.7 Å². The fraction of sp³-hybridized carbons (Fsp3) is 0.600. The highest BCUT2D eigenvalue weighted by molar-refractivity contribution is 7.88. The summed E-state index contributed by atoms with van der Waals surface area (Å²) in [6.07, 6.45) is 3.04. The first-order chi connectivity index (χ1) is 9.86. The predicted octanol–water partition coefficient (Wildman–Crippen LogP) is 1.27. The Morgan fingerprint density at radius 2 is 1.76 bits per heavy atom. The molecule has 1 saturated heterocycles. The van der Waals surface area contributed by atoms with E-state index in [1.165, 1.54) is 17.5 Å². The Morgan fingerprint density at radius 1 is 1.19 bits per heavy atom. The van der Waals surface area contributed by atoms with Gasteiger partial charge in [0.2, 0.25) is 10.0 Å². The smallest absolute Gasteiger partial charge is 0.211 e. The van der Waals surface area contributed by atoms with Gasteiger partial charge in [0.1, 0.15) is 0 Å². The minimum atomic E-state index is -3.03. The topological polar surface area (TPSA) is 52.6 Å². The fourth-order valence-corrected chi connectivity index (χ4v) is 3.44. The predicted molar refractivity (Wildman–Crippen MR) is 87.0 cm³/mol. The molecule has 1 heterocycles. The Labute approximate surface area is 128 Å². The Balaban J connectivity index is 1.79. The number of rotatable bonds is 5. The van der Waals surface area contributed by atoms with E-state index in [9.17, 15) is 8.42 Å². The molecule has 5 nitrogen and oxygen atoms in total. The van der Waals surface area contributed by atoms with Gasteiger partial charge in [-0.2, -0.15) is 0 Å². The lowest BCUT2D eigenvalue weighted by Gasteiger charge is -2.30. The standard InChI is InChI=1S/C15H25N3O2S/c1-17(2)15-6-4-13(5-7-15)12-16-14-8-10-18(11-9-14)21(3,19)20/h4-7,14,16H,8-12H2,1-3H3. The molecule has 0 amide bonds. The number of nitrogens with zero attached hydrogens (tertiary/aromatic N) is 2. The number of benzene rings is 1. The number of anilines is 1. The Kier molecular flexibility index (Phi) is 5.24. The summed E-state index contributed by atoms with van der Waals surface area (Å²) in [5, 5.41) is 3.52. The Bertz CT molecular complexity index is 547. The van der Waals surface area contributed by atoms with Crippen molar-refractivity contribution in [2.75, 3.05) is 38.3 Å². The lowest BCUT2D eigenvalue weighted by molar-refractivity contribution is 0.290. The number of nitrogens with one attached hydrogen (secondary N) is 1. The van der Waals surface area contributed by atoms with E-state index in [1.807, 2.05) is 14.1 Å². The molecule has 21 heavy (non-hydrogen) atoms. The van der Waals surface area contributed by atoms with Gasteiger partial charge in [-0.1, -0.05) is 12.1 Å². The highest BCUT2D eigenvalue weighted by Crippen LogP contribution is 2.15. The van der Waals surface area contributed by atoms with Gasteiger partial charge in [-0.3, -0.25) is 0 Å². The van der Waals surface area contributed by atoms with Gasteiger partial charge < -0.3 is 10.2 Å². The van der Waals surface area contributed by atoms with Crippen molar-refractivity contribution in [3.63, 3.8) is 0 Å². The molecule has 0 spiro atoms. The van der Waals surface area contributed by atoms with E-state index in [1.54, 1.807) is 4.31 Å². The van der Waals surface area contributed by atoms with Crippen molar-refractivity contribution in [2.24, 2.45) is 0 Å². The lowest BCUT2D eigenvalue weighted by Crippen LogP contribution is -2.44. The van der Waals surface area contributed by atoms with Gasteiger partial charge >= 0.3 is 0 Å². The zero-order valence-electron chi connectivity index (χ0n) is 13.0. The second-order valence-electron chi connectivity index (χ2n) is 5.88. The van der Waals surface area contributed by atoms with Crippen LogP contribution >= 0.6 is 0 Å². The van der Waals surface area contributed by atoms with Gasteiger partial charge in [-0.15, -0.1) is 0 Å². The van der Waals surface area contributed by atoms with E-state index in [-0.39, 0.29) is 0 Å².